The van der Waals surface area contributed by atoms with Crippen LogP contribution in [0.4, 0.5) is 0 Å². The van der Waals surface area contributed by atoms with Gasteiger partial charge in [-0.05, 0) is 43.0 Å². The van der Waals surface area contributed by atoms with Crippen LogP contribution in [0.15, 0.2) is 29.2 Å². The van der Waals surface area contributed by atoms with Gasteiger partial charge in [-0.2, -0.15) is 0 Å². The summed E-state index contributed by atoms with van der Waals surface area (Å²) in [6, 6.07) is 5.27. The zero-order chi connectivity index (χ0) is 15.5. The predicted molar refractivity (Wildman–Crippen MR) is 76.8 cm³/mol. The van der Waals surface area contributed by atoms with Gasteiger partial charge in [0, 0.05) is 26.8 Å². The highest BCUT2D eigenvalue weighted by atomic mass is 32.2. The van der Waals surface area contributed by atoms with Crippen LogP contribution >= 0.6 is 0 Å². The molecule has 0 amide bonds. The maximum absolute atomic E-state index is 12.4. The van der Waals surface area contributed by atoms with E-state index >= 15 is 0 Å². The molecular formula is C14H19NO5S. The molecular weight excluding hydrogens is 294 g/mol. The Kier molecular flexibility index (Phi) is 4.97. The van der Waals surface area contributed by atoms with E-state index in [4.69, 9.17) is 9.84 Å². The van der Waals surface area contributed by atoms with E-state index in [0.29, 0.717) is 25.7 Å². The molecule has 0 saturated carbocycles. The van der Waals surface area contributed by atoms with Gasteiger partial charge in [0.1, 0.15) is 0 Å². The topological polar surface area (TPSA) is 83.9 Å². The van der Waals surface area contributed by atoms with Gasteiger partial charge in [0.2, 0.25) is 10.0 Å². The number of aromatic carboxylic acids is 1. The van der Waals surface area contributed by atoms with Crippen LogP contribution in [0.2, 0.25) is 0 Å². The van der Waals surface area contributed by atoms with E-state index < -0.39 is 16.0 Å². The Labute approximate surface area is 124 Å². The molecule has 0 unspecified atom stereocenters. The van der Waals surface area contributed by atoms with E-state index in [-0.39, 0.29) is 10.5 Å². The number of carboxylic acid groups (broad SMARTS) is 1. The van der Waals surface area contributed by atoms with Crippen LogP contribution in [0.25, 0.3) is 0 Å². The summed E-state index contributed by atoms with van der Waals surface area (Å²) >= 11 is 0. The SMILES string of the molecule is CN(CC1CCOCC1)S(=O)(=O)c1ccc(C(=O)O)cc1. The van der Waals surface area contributed by atoms with E-state index in [1.54, 1.807) is 7.05 Å². The minimum Gasteiger partial charge on any atom is -0.478 e. The van der Waals surface area contributed by atoms with Crippen molar-refractivity contribution in [3.05, 3.63) is 29.8 Å². The summed E-state index contributed by atoms with van der Waals surface area (Å²) < 4.78 is 31.5. The molecule has 1 aromatic carbocycles. The Balaban J connectivity index is 2.10. The van der Waals surface area contributed by atoms with E-state index in [2.05, 4.69) is 0 Å². The summed E-state index contributed by atoms with van der Waals surface area (Å²) in [5, 5.41) is 8.83. The number of nitrogens with zero attached hydrogens (tertiary/aromatic N) is 1. The molecule has 0 spiro atoms. The molecule has 0 atom stereocenters. The van der Waals surface area contributed by atoms with Crippen molar-refractivity contribution in [1.29, 1.82) is 0 Å². The van der Waals surface area contributed by atoms with E-state index in [1.807, 2.05) is 0 Å². The minimum absolute atomic E-state index is 0.0704. The third-order valence-electron chi connectivity index (χ3n) is 3.67. The van der Waals surface area contributed by atoms with Gasteiger partial charge in [0.05, 0.1) is 10.5 Å². The average Bonchev–Trinajstić information content (AvgIpc) is 2.48. The van der Waals surface area contributed by atoms with Gasteiger partial charge in [-0.15, -0.1) is 0 Å². The molecule has 1 N–H and O–H groups in total. The molecule has 1 aliphatic heterocycles. The molecule has 1 fully saturated rings. The quantitative estimate of drug-likeness (QED) is 0.889. The lowest BCUT2D eigenvalue weighted by molar-refractivity contribution is 0.0620. The first-order valence-corrected chi connectivity index (χ1v) is 8.22. The van der Waals surface area contributed by atoms with Crippen LogP contribution in [0, 0.1) is 5.92 Å². The number of benzene rings is 1. The molecule has 2 rings (SSSR count). The molecule has 1 aliphatic rings. The molecule has 1 saturated heterocycles. The van der Waals surface area contributed by atoms with Crippen molar-refractivity contribution in [2.75, 3.05) is 26.8 Å². The monoisotopic (exact) mass is 313 g/mol. The summed E-state index contributed by atoms with van der Waals surface area (Å²) in [5.74, 6) is -0.772. The second-order valence-electron chi connectivity index (χ2n) is 5.17. The second kappa shape index (κ2) is 6.55. The van der Waals surface area contributed by atoms with E-state index in [0.717, 1.165) is 12.8 Å². The van der Waals surface area contributed by atoms with Crippen molar-refractivity contribution in [3.8, 4) is 0 Å². The Morgan fingerprint density at radius 3 is 2.38 bits per heavy atom. The van der Waals surface area contributed by atoms with Crippen molar-refractivity contribution in [2.45, 2.75) is 17.7 Å². The number of rotatable bonds is 5. The van der Waals surface area contributed by atoms with Gasteiger partial charge in [0.25, 0.3) is 0 Å². The normalized spacial score (nSPS) is 17.0. The fourth-order valence-electron chi connectivity index (χ4n) is 2.34. The molecule has 7 heteroatoms. The van der Waals surface area contributed by atoms with Crippen LogP contribution in [-0.2, 0) is 14.8 Å². The maximum Gasteiger partial charge on any atom is 0.335 e. The number of hydrogen-bond acceptors (Lipinski definition) is 4. The summed E-state index contributed by atoms with van der Waals surface area (Å²) in [5.41, 5.74) is 0.0704. The largest absolute Gasteiger partial charge is 0.478 e. The van der Waals surface area contributed by atoms with Crippen molar-refractivity contribution in [2.24, 2.45) is 5.92 Å². The Bertz CT molecular complexity index is 590. The molecule has 0 radical (unpaired) electrons. The number of carbonyl (C=O) groups is 1. The fraction of sp³-hybridized carbons (Fsp3) is 0.500. The Hall–Kier alpha value is -1.44. The number of carboxylic acids is 1. The first-order chi connectivity index (χ1) is 9.91. The molecule has 1 heterocycles. The van der Waals surface area contributed by atoms with Crippen molar-refractivity contribution in [1.82, 2.24) is 4.31 Å². The smallest absolute Gasteiger partial charge is 0.335 e. The summed E-state index contributed by atoms with van der Waals surface area (Å²) in [7, 11) is -2.03. The van der Waals surface area contributed by atoms with Gasteiger partial charge in [-0.1, -0.05) is 0 Å². The van der Waals surface area contributed by atoms with Gasteiger partial charge < -0.3 is 9.84 Å². The van der Waals surface area contributed by atoms with Crippen LogP contribution in [0.3, 0.4) is 0 Å². The second-order valence-corrected chi connectivity index (χ2v) is 7.22. The lowest BCUT2D eigenvalue weighted by Gasteiger charge is -2.26. The number of hydrogen-bond donors (Lipinski definition) is 1. The van der Waals surface area contributed by atoms with Crippen molar-refractivity contribution < 1.29 is 23.1 Å². The van der Waals surface area contributed by atoms with Crippen LogP contribution in [-0.4, -0.2) is 50.6 Å². The third kappa shape index (κ3) is 3.81. The molecule has 0 aliphatic carbocycles. The van der Waals surface area contributed by atoms with E-state index in [1.165, 1.54) is 28.6 Å². The molecule has 1 aromatic rings. The highest BCUT2D eigenvalue weighted by molar-refractivity contribution is 7.89. The molecule has 0 bridgehead atoms. The molecule has 21 heavy (non-hydrogen) atoms. The Morgan fingerprint density at radius 1 is 1.29 bits per heavy atom. The molecule has 6 nitrogen and oxygen atoms in total. The summed E-state index contributed by atoms with van der Waals surface area (Å²) in [4.78, 5) is 10.9. The minimum atomic E-state index is -3.58. The fourth-order valence-corrected chi connectivity index (χ4v) is 3.59. The predicted octanol–water partition coefficient (Wildman–Crippen LogP) is 1.43. The van der Waals surface area contributed by atoms with Gasteiger partial charge >= 0.3 is 5.97 Å². The Morgan fingerprint density at radius 2 is 1.86 bits per heavy atom. The van der Waals surface area contributed by atoms with Gasteiger partial charge in [-0.3, -0.25) is 0 Å². The first kappa shape index (κ1) is 15.9. The zero-order valence-electron chi connectivity index (χ0n) is 11.9. The highest BCUT2D eigenvalue weighted by Crippen LogP contribution is 2.20. The number of sulfonamides is 1. The van der Waals surface area contributed by atoms with E-state index in [9.17, 15) is 13.2 Å². The lowest BCUT2D eigenvalue weighted by atomic mass is 10.0. The molecule has 116 valence electrons. The highest BCUT2D eigenvalue weighted by Gasteiger charge is 2.25. The number of ether oxygens (including phenoxy) is 1. The van der Waals surface area contributed by atoms with Crippen LogP contribution in [0.5, 0.6) is 0 Å². The summed E-state index contributed by atoms with van der Waals surface area (Å²) in [6.45, 7) is 1.80. The van der Waals surface area contributed by atoms with Crippen LogP contribution in [0.1, 0.15) is 23.2 Å². The standard InChI is InChI=1S/C14H19NO5S/c1-15(10-11-6-8-20-9-7-11)21(18,19)13-4-2-12(3-5-13)14(16)17/h2-5,11H,6-10H2,1H3,(H,16,17). The van der Waals surface area contributed by atoms with Crippen LogP contribution < -0.4 is 0 Å². The first-order valence-electron chi connectivity index (χ1n) is 6.78. The third-order valence-corrected chi connectivity index (χ3v) is 5.50. The lowest BCUT2D eigenvalue weighted by Crippen LogP contribution is -2.34. The van der Waals surface area contributed by atoms with Crippen molar-refractivity contribution >= 4 is 16.0 Å². The zero-order valence-corrected chi connectivity index (χ0v) is 12.7. The van der Waals surface area contributed by atoms with Crippen molar-refractivity contribution in [3.63, 3.8) is 0 Å². The summed E-state index contributed by atoms with van der Waals surface area (Å²) in [6.07, 6.45) is 1.72. The molecule has 0 aromatic heterocycles. The average molecular weight is 313 g/mol. The maximum atomic E-state index is 12.4. The van der Waals surface area contributed by atoms with Gasteiger partial charge in [0.15, 0.2) is 0 Å². The van der Waals surface area contributed by atoms with Gasteiger partial charge in [-0.25, -0.2) is 17.5 Å².